The van der Waals surface area contributed by atoms with Gasteiger partial charge >= 0.3 is 5.97 Å². The van der Waals surface area contributed by atoms with Crippen LogP contribution in [0.1, 0.15) is 40.1 Å². The zero-order chi connectivity index (χ0) is 14.7. The van der Waals surface area contributed by atoms with Crippen molar-refractivity contribution in [2.24, 2.45) is 0 Å². The second-order valence-electron chi connectivity index (χ2n) is 4.75. The molecule has 0 saturated carbocycles. The maximum atomic E-state index is 12.3. The van der Waals surface area contributed by atoms with Crippen LogP contribution in [-0.4, -0.2) is 29.5 Å². The topological polar surface area (TPSA) is 66.4 Å². The highest BCUT2D eigenvalue weighted by Gasteiger charge is 2.27. The first-order chi connectivity index (χ1) is 9.49. The van der Waals surface area contributed by atoms with Crippen molar-refractivity contribution in [1.82, 2.24) is 5.32 Å². The third kappa shape index (κ3) is 3.33. The van der Waals surface area contributed by atoms with Crippen LogP contribution in [-0.2, 0) is 17.6 Å². The van der Waals surface area contributed by atoms with Crippen molar-refractivity contribution < 1.29 is 23.5 Å². The van der Waals surface area contributed by atoms with E-state index in [9.17, 15) is 18.4 Å². The molecule has 1 aromatic rings. The third-order valence-corrected chi connectivity index (χ3v) is 4.41. The van der Waals surface area contributed by atoms with Gasteiger partial charge in [0.15, 0.2) is 0 Å². The molecule has 0 fully saturated rings. The minimum absolute atomic E-state index is 0.435. The Bertz CT molecular complexity index is 516. The summed E-state index contributed by atoms with van der Waals surface area (Å²) >= 11 is 1.47. The number of aliphatic carboxylic acids is 1. The Kier molecular flexibility index (Phi) is 4.69. The van der Waals surface area contributed by atoms with Crippen molar-refractivity contribution in [1.29, 1.82) is 0 Å². The molecule has 1 atom stereocenters. The number of fused-ring (bicyclic) bond motifs is 1. The molecule has 2 N–H and O–H groups in total. The van der Waals surface area contributed by atoms with Gasteiger partial charge in [0, 0.05) is 16.7 Å². The normalized spacial score (nSPS) is 15.8. The first-order valence-corrected chi connectivity index (χ1v) is 7.28. The lowest BCUT2D eigenvalue weighted by molar-refractivity contribution is -0.140. The number of amides is 1. The number of halogens is 2. The molecule has 0 saturated heterocycles. The molecule has 4 nitrogen and oxygen atoms in total. The maximum Gasteiger partial charge on any atom is 0.326 e. The number of carbonyl (C=O) groups excluding carboxylic acids is 1. The molecule has 1 aromatic heterocycles. The Morgan fingerprint density at radius 2 is 2.05 bits per heavy atom. The van der Waals surface area contributed by atoms with Gasteiger partial charge in [-0.3, -0.25) is 4.79 Å². The summed E-state index contributed by atoms with van der Waals surface area (Å²) in [7, 11) is 0. The average molecular weight is 303 g/mol. The van der Waals surface area contributed by atoms with E-state index >= 15 is 0 Å². The molecule has 7 heteroatoms. The minimum Gasteiger partial charge on any atom is -0.480 e. The fourth-order valence-electron chi connectivity index (χ4n) is 2.32. The Morgan fingerprint density at radius 3 is 2.70 bits per heavy atom. The molecule has 0 aliphatic heterocycles. The van der Waals surface area contributed by atoms with Crippen LogP contribution in [0.2, 0.25) is 0 Å². The number of aryl methyl sites for hydroxylation is 1. The second-order valence-corrected chi connectivity index (χ2v) is 5.71. The highest BCUT2D eigenvalue weighted by Crippen LogP contribution is 2.30. The second kappa shape index (κ2) is 6.30. The zero-order valence-corrected chi connectivity index (χ0v) is 11.5. The lowest BCUT2D eigenvalue weighted by atomic mass is 9.95. The number of alkyl halides is 2. The van der Waals surface area contributed by atoms with E-state index < -0.39 is 30.8 Å². The third-order valence-electron chi connectivity index (χ3n) is 3.32. The number of nitrogens with one attached hydrogen (secondary N) is 1. The van der Waals surface area contributed by atoms with Gasteiger partial charge in [0.25, 0.3) is 5.91 Å². The van der Waals surface area contributed by atoms with Gasteiger partial charge < -0.3 is 10.4 Å². The Labute approximate surface area is 118 Å². The van der Waals surface area contributed by atoms with E-state index in [1.165, 1.54) is 11.3 Å². The largest absolute Gasteiger partial charge is 0.480 e. The van der Waals surface area contributed by atoms with Gasteiger partial charge in [-0.05, 0) is 31.2 Å². The molecule has 1 heterocycles. The molecular formula is C13H15F2NO3S. The summed E-state index contributed by atoms with van der Waals surface area (Å²) in [5, 5.41) is 12.7. The number of carboxylic acid groups (broad SMARTS) is 1. The van der Waals surface area contributed by atoms with Crippen LogP contribution in [0.4, 0.5) is 8.78 Å². The Hall–Kier alpha value is -1.50. The predicted molar refractivity (Wildman–Crippen MR) is 70.5 cm³/mol. The van der Waals surface area contributed by atoms with Crippen LogP contribution in [0.3, 0.4) is 0 Å². The molecule has 1 aliphatic carbocycles. The fourth-order valence-corrected chi connectivity index (χ4v) is 3.45. The van der Waals surface area contributed by atoms with E-state index in [-0.39, 0.29) is 0 Å². The molecule has 1 amide bonds. The monoisotopic (exact) mass is 303 g/mol. The van der Waals surface area contributed by atoms with Gasteiger partial charge in [-0.1, -0.05) is 0 Å². The van der Waals surface area contributed by atoms with Crippen LogP contribution < -0.4 is 5.32 Å². The van der Waals surface area contributed by atoms with Gasteiger partial charge in [0.05, 0.1) is 5.56 Å². The molecule has 1 aliphatic rings. The van der Waals surface area contributed by atoms with Crippen LogP contribution in [0.15, 0.2) is 5.38 Å². The van der Waals surface area contributed by atoms with E-state index in [0.717, 1.165) is 36.1 Å². The fraction of sp³-hybridized carbons (Fsp3) is 0.538. The van der Waals surface area contributed by atoms with Crippen LogP contribution in [0.25, 0.3) is 0 Å². The molecule has 0 spiro atoms. The number of carboxylic acids is 1. The van der Waals surface area contributed by atoms with Crippen molar-refractivity contribution >= 4 is 23.2 Å². The van der Waals surface area contributed by atoms with Gasteiger partial charge in [0.1, 0.15) is 6.04 Å². The van der Waals surface area contributed by atoms with Gasteiger partial charge in [0.2, 0.25) is 6.43 Å². The van der Waals surface area contributed by atoms with Gasteiger partial charge in [-0.15, -0.1) is 11.3 Å². The highest BCUT2D eigenvalue weighted by molar-refractivity contribution is 7.10. The van der Waals surface area contributed by atoms with E-state index in [4.69, 9.17) is 5.11 Å². The van der Waals surface area contributed by atoms with Crippen molar-refractivity contribution in [3.8, 4) is 0 Å². The Balaban J connectivity index is 2.10. The number of rotatable bonds is 5. The van der Waals surface area contributed by atoms with Crippen LogP contribution in [0.5, 0.6) is 0 Å². The van der Waals surface area contributed by atoms with E-state index in [0.29, 0.717) is 5.56 Å². The quantitative estimate of drug-likeness (QED) is 0.878. The number of thiophene rings is 1. The van der Waals surface area contributed by atoms with E-state index in [1.54, 1.807) is 5.38 Å². The van der Waals surface area contributed by atoms with Crippen molar-refractivity contribution in [3.05, 3.63) is 21.4 Å². The molecule has 0 aromatic carbocycles. The molecule has 0 bridgehead atoms. The first kappa shape index (κ1) is 14.9. The number of hydrogen-bond acceptors (Lipinski definition) is 3. The standard InChI is InChI=1S/C13H15F2NO3S/c14-11(15)5-9(13(18)19)16-12(17)8-6-20-10-4-2-1-3-7(8)10/h6,9,11H,1-5H2,(H,16,17)(H,18,19). The highest BCUT2D eigenvalue weighted by atomic mass is 32.1. The first-order valence-electron chi connectivity index (χ1n) is 6.40. The summed E-state index contributed by atoms with van der Waals surface area (Å²) < 4.78 is 24.6. The molecule has 1 unspecified atom stereocenters. The summed E-state index contributed by atoms with van der Waals surface area (Å²) in [4.78, 5) is 24.1. The summed E-state index contributed by atoms with van der Waals surface area (Å²) in [6.07, 6.45) is 0.128. The number of hydrogen-bond donors (Lipinski definition) is 2. The van der Waals surface area contributed by atoms with E-state index in [1.807, 2.05) is 0 Å². The van der Waals surface area contributed by atoms with Crippen molar-refractivity contribution in [3.63, 3.8) is 0 Å². The summed E-state index contributed by atoms with van der Waals surface area (Å²) in [6, 6.07) is -1.55. The van der Waals surface area contributed by atoms with Crippen LogP contribution >= 0.6 is 11.3 Å². The molecular weight excluding hydrogens is 288 g/mol. The summed E-state index contributed by atoms with van der Waals surface area (Å²) in [5.41, 5.74) is 1.38. The lowest BCUT2D eigenvalue weighted by Gasteiger charge is -2.16. The maximum absolute atomic E-state index is 12.3. The summed E-state index contributed by atoms with van der Waals surface area (Å²) in [5.74, 6) is -2.01. The van der Waals surface area contributed by atoms with E-state index in [2.05, 4.69) is 5.32 Å². The Morgan fingerprint density at radius 1 is 1.35 bits per heavy atom. The SMILES string of the molecule is O=C(NC(CC(F)F)C(=O)O)c1csc2c1CCCC2. The molecule has 2 rings (SSSR count). The summed E-state index contributed by atoms with van der Waals surface area (Å²) in [6.45, 7) is 0. The minimum atomic E-state index is -2.77. The van der Waals surface area contributed by atoms with Crippen LogP contribution in [0, 0.1) is 0 Å². The molecule has 20 heavy (non-hydrogen) atoms. The van der Waals surface area contributed by atoms with Crippen molar-refractivity contribution in [2.75, 3.05) is 0 Å². The molecule has 0 radical (unpaired) electrons. The smallest absolute Gasteiger partial charge is 0.326 e. The van der Waals surface area contributed by atoms with Gasteiger partial charge in [-0.25, -0.2) is 13.6 Å². The van der Waals surface area contributed by atoms with Gasteiger partial charge in [-0.2, -0.15) is 0 Å². The van der Waals surface area contributed by atoms with Crippen molar-refractivity contribution in [2.45, 2.75) is 44.6 Å². The zero-order valence-electron chi connectivity index (χ0n) is 10.7. The number of carbonyl (C=O) groups is 2. The lowest BCUT2D eigenvalue weighted by Crippen LogP contribution is -2.42. The predicted octanol–water partition coefficient (Wildman–Crippen LogP) is 2.47. The average Bonchev–Trinajstić information content (AvgIpc) is 2.81. The molecule has 110 valence electrons.